The second-order valence-corrected chi connectivity index (χ2v) is 6.53. The van der Waals surface area contributed by atoms with Crippen LogP contribution in [0, 0.1) is 0 Å². The first-order valence-electron chi connectivity index (χ1n) is 6.74. The molecule has 0 aliphatic heterocycles. The molecule has 1 aliphatic rings. The molecule has 0 atom stereocenters. The van der Waals surface area contributed by atoms with E-state index in [1.54, 1.807) is 18.2 Å². The number of rotatable bonds is 3. The number of hydrogen-bond donors (Lipinski definition) is 3. The first kappa shape index (κ1) is 16.1. The summed E-state index contributed by atoms with van der Waals surface area (Å²) in [5.74, 6) is -0.281. The van der Waals surface area contributed by atoms with E-state index in [9.17, 15) is 4.79 Å². The number of benzene rings is 1. The van der Waals surface area contributed by atoms with E-state index in [2.05, 4.69) is 26.4 Å². The number of halogens is 2. The minimum Gasteiger partial charge on any atom is -0.409 e. The van der Waals surface area contributed by atoms with Gasteiger partial charge in [-0.3, -0.25) is 4.79 Å². The number of nitrogens with one attached hydrogen (secondary N) is 1. The molecule has 114 valence electrons. The van der Waals surface area contributed by atoms with Gasteiger partial charge in [-0.1, -0.05) is 51.9 Å². The molecule has 21 heavy (non-hydrogen) atoms. The summed E-state index contributed by atoms with van der Waals surface area (Å²) in [5.41, 5.74) is 5.39. The normalized spacial score (nSPS) is 18.3. The zero-order chi connectivity index (χ0) is 15.5. The molecule has 0 saturated heterocycles. The summed E-state index contributed by atoms with van der Waals surface area (Å²) in [7, 11) is 0. The fraction of sp³-hybridized carbons (Fsp3) is 0.429. The molecule has 5 nitrogen and oxygen atoms in total. The Hall–Kier alpha value is -1.27. The smallest absolute Gasteiger partial charge is 0.253 e. The molecule has 0 spiro atoms. The van der Waals surface area contributed by atoms with Gasteiger partial charge >= 0.3 is 0 Å². The van der Waals surface area contributed by atoms with Gasteiger partial charge in [0.15, 0.2) is 5.84 Å². The van der Waals surface area contributed by atoms with Gasteiger partial charge in [0.25, 0.3) is 5.91 Å². The Morgan fingerprint density at radius 1 is 1.38 bits per heavy atom. The summed E-state index contributed by atoms with van der Waals surface area (Å²) in [4.78, 5) is 12.5. The Kier molecular flexibility index (Phi) is 5.11. The number of carbonyl (C=O) groups excluding carboxylic acids is 1. The lowest BCUT2D eigenvalue weighted by Crippen LogP contribution is -2.58. The summed E-state index contributed by atoms with van der Waals surface area (Å²) in [6.45, 7) is 0. The van der Waals surface area contributed by atoms with Crippen molar-refractivity contribution >= 4 is 39.3 Å². The first-order valence-corrected chi connectivity index (χ1v) is 7.91. The maximum Gasteiger partial charge on any atom is 0.253 e. The number of hydrogen-bond acceptors (Lipinski definition) is 3. The second-order valence-electron chi connectivity index (χ2n) is 5.21. The van der Waals surface area contributed by atoms with Gasteiger partial charge in [-0.05, 0) is 31.0 Å². The SMILES string of the molecule is N/C(=N/O)C1(NC(=O)c2cc(Br)ccc2Cl)CCCCC1. The average Bonchev–Trinajstić information content (AvgIpc) is 2.49. The quantitative estimate of drug-likeness (QED) is 0.328. The van der Waals surface area contributed by atoms with E-state index in [0.717, 1.165) is 23.7 Å². The molecular weight excluding hydrogens is 358 g/mol. The molecule has 1 aromatic carbocycles. The summed E-state index contributed by atoms with van der Waals surface area (Å²) in [6, 6.07) is 5.07. The fourth-order valence-electron chi connectivity index (χ4n) is 2.65. The van der Waals surface area contributed by atoms with E-state index in [0.29, 0.717) is 23.4 Å². The molecule has 0 heterocycles. The monoisotopic (exact) mass is 373 g/mol. The van der Waals surface area contributed by atoms with E-state index >= 15 is 0 Å². The predicted octanol–water partition coefficient (Wildman–Crippen LogP) is 3.28. The summed E-state index contributed by atoms with van der Waals surface area (Å²) in [5, 5.41) is 15.4. The van der Waals surface area contributed by atoms with Crippen LogP contribution in [0.3, 0.4) is 0 Å². The lowest BCUT2D eigenvalue weighted by Gasteiger charge is -2.36. The van der Waals surface area contributed by atoms with Crippen molar-refractivity contribution in [3.63, 3.8) is 0 Å². The van der Waals surface area contributed by atoms with E-state index < -0.39 is 5.54 Å². The van der Waals surface area contributed by atoms with Crippen LogP contribution in [0.5, 0.6) is 0 Å². The Morgan fingerprint density at radius 3 is 2.67 bits per heavy atom. The minimum atomic E-state index is -0.796. The topological polar surface area (TPSA) is 87.7 Å². The van der Waals surface area contributed by atoms with Gasteiger partial charge in [-0.15, -0.1) is 0 Å². The number of nitrogens with two attached hydrogens (primary N) is 1. The van der Waals surface area contributed by atoms with Crippen molar-refractivity contribution < 1.29 is 10.0 Å². The van der Waals surface area contributed by atoms with Crippen molar-refractivity contribution in [2.24, 2.45) is 10.9 Å². The van der Waals surface area contributed by atoms with Gasteiger partial charge in [-0.2, -0.15) is 0 Å². The van der Waals surface area contributed by atoms with E-state index in [-0.39, 0.29) is 11.7 Å². The fourth-order valence-corrected chi connectivity index (χ4v) is 3.22. The molecule has 1 saturated carbocycles. The zero-order valence-corrected chi connectivity index (χ0v) is 13.7. The number of amidine groups is 1. The largest absolute Gasteiger partial charge is 0.409 e. The number of nitrogens with zero attached hydrogens (tertiary/aromatic N) is 1. The highest BCUT2D eigenvalue weighted by molar-refractivity contribution is 9.10. The third-order valence-corrected chi connectivity index (χ3v) is 4.65. The highest BCUT2D eigenvalue weighted by Crippen LogP contribution is 2.30. The van der Waals surface area contributed by atoms with Crippen LogP contribution in [0.2, 0.25) is 5.02 Å². The zero-order valence-electron chi connectivity index (χ0n) is 11.4. The second kappa shape index (κ2) is 6.66. The molecule has 2 rings (SSSR count). The Labute approximate surface area is 136 Å². The Bertz CT molecular complexity index is 571. The van der Waals surface area contributed by atoms with Gasteiger partial charge in [0.1, 0.15) is 5.54 Å². The molecule has 1 aliphatic carbocycles. The van der Waals surface area contributed by atoms with Crippen LogP contribution >= 0.6 is 27.5 Å². The van der Waals surface area contributed by atoms with Crippen LogP contribution in [0.25, 0.3) is 0 Å². The molecule has 0 bridgehead atoms. The highest BCUT2D eigenvalue weighted by atomic mass is 79.9. The highest BCUT2D eigenvalue weighted by Gasteiger charge is 2.38. The Balaban J connectivity index is 2.28. The van der Waals surface area contributed by atoms with E-state index in [1.165, 1.54) is 0 Å². The molecule has 7 heteroatoms. The van der Waals surface area contributed by atoms with Crippen LogP contribution in [-0.4, -0.2) is 22.5 Å². The van der Waals surface area contributed by atoms with Crippen molar-refractivity contribution in [3.05, 3.63) is 33.3 Å². The van der Waals surface area contributed by atoms with Gasteiger partial charge in [-0.25, -0.2) is 0 Å². The number of carbonyl (C=O) groups is 1. The van der Waals surface area contributed by atoms with Crippen molar-refractivity contribution in [2.75, 3.05) is 0 Å². The lowest BCUT2D eigenvalue weighted by molar-refractivity contribution is 0.0906. The Morgan fingerprint density at radius 2 is 2.05 bits per heavy atom. The molecule has 0 aromatic heterocycles. The third-order valence-electron chi connectivity index (χ3n) is 3.83. The van der Waals surface area contributed by atoms with Crippen molar-refractivity contribution in [3.8, 4) is 0 Å². The first-order chi connectivity index (χ1) is 9.98. The molecular formula is C14H17BrClN3O2. The van der Waals surface area contributed by atoms with Crippen molar-refractivity contribution in [1.82, 2.24) is 5.32 Å². The molecule has 0 radical (unpaired) electrons. The van der Waals surface area contributed by atoms with E-state index in [1.807, 2.05) is 0 Å². The van der Waals surface area contributed by atoms with Crippen LogP contribution in [0.1, 0.15) is 42.5 Å². The van der Waals surface area contributed by atoms with Gasteiger partial charge in [0.05, 0.1) is 10.6 Å². The maximum atomic E-state index is 12.5. The van der Waals surface area contributed by atoms with Gasteiger partial charge in [0.2, 0.25) is 0 Å². The minimum absolute atomic E-state index is 0.0432. The van der Waals surface area contributed by atoms with Crippen molar-refractivity contribution in [1.29, 1.82) is 0 Å². The van der Waals surface area contributed by atoms with Crippen LogP contribution in [0.15, 0.2) is 27.8 Å². The average molecular weight is 375 g/mol. The predicted molar refractivity (Wildman–Crippen MR) is 85.8 cm³/mol. The molecule has 0 unspecified atom stereocenters. The molecule has 1 fully saturated rings. The maximum absolute atomic E-state index is 12.5. The lowest BCUT2D eigenvalue weighted by atomic mass is 9.80. The summed E-state index contributed by atoms with van der Waals surface area (Å²) >= 11 is 9.39. The molecule has 4 N–H and O–H groups in total. The summed E-state index contributed by atoms with van der Waals surface area (Å²) < 4.78 is 0.763. The van der Waals surface area contributed by atoms with Gasteiger partial charge in [0, 0.05) is 4.47 Å². The van der Waals surface area contributed by atoms with Gasteiger partial charge < -0.3 is 16.3 Å². The standard InChI is InChI=1S/C14H17BrClN3O2/c15-9-4-5-11(16)10(8-9)12(20)18-14(13(17)19-21)6-2-1-3-7-14/h4-5,8,21H,1-3,6-7H2,(H2,17,19)(H,18,20). The van der Waals surface area contributed by atoms with Crippen LogP contribution in [-0.2, 0) is 0 Å². The van der Waals surface area contributed by atoms with Crippen LogP contribution < -0.4 is 11.1 Å². The van der Waals surface area contributed by atoms with Crippen molar-refractivity contribution in [2.45, 2.75) is 37.6 Å². The number of oxime groups is 1. The molecule has 1 amide bonds. The third kappa shape index (κ3) is 3.49. The molecule has 1 aromatic rings. The van der Waals surface area contributed by atoms with Crippen LogP contribution in [0.4, 0.5) is 0 Å². The van der Waals surface area contributed by atoms with E-state index in [4.69, 9.17) is 22.5 Å². The number of amides is 1. The summed E-state index contributed by atoms with van der Waals surface area (Å²) in [6.07, 6.45) is 4.22.